The van der Waals surface area contributed by atoms with Crippen LogP contribution >= 0.6 is 0 Å². The van der Waals surface area contributed by atoms with E-state index in [1.54, 1.807) is 0 Å². The first-order valence-corrected chi connectivity index (χ1v) is 14.7. The van der Waals surface area contributed by atoms with Crippen LogP contribution in [0.15, 0.2) is 0 Å². The lowest BCUT2D eigenvalue weighted by atomic mass is 9.44. The van der Waals surface area contributed by atoms with Crippen LogP contribution < -0.4 is 5.32 Å². The van der Waals surface area contributed by atoms with Crippen molar-refractivity contribution in [2.75, 3.05) is 20.2 Å². The van der Waals surface area contributed by atoms with Crippen molar-refractivity contribution in [3.05, 3.63) is 0 Å². The SMILES string of the molecule is CC.COC(=O)CCNCCC[C@@H](C)C1CCC2C3CCC4CCCCC4(C)C3CCC21C. The Bertz CT molecular complexity index is 620. The zero-order chi connectivity index (χ0) is 24.1. The summed E-state index contributed by atoms with van der Waals surface area (Å²) in [5.41, 5.74) is 1.26. The van der Waals surface area contributed by atoms with Crippen LogP contribution in [0.4, 0.5) is 0 Å². The number of methoxy groups -OCH3 is 1. The summed E-state index contributed by atoms with van der Waals surface area (Å²) in [5, 5.41) is 3.43. The fourth-order valence-corrected chi connectivity index (χ4v) is 9.44. The third kappa shape index (κ3) is 5.49. The lowest BCUT2D eigenvalue weighted by Gasteiger charge is -2.61. The van der Waals surface area contributed by atoms with Gasteiger partial charge in [-0.15, -0.1) is 0 Å². The molecule has 0 aromatic rings. The average molecular weight is 462 g/mol. The molecule has 0 saturated heterocycles. The smallest absolute Gasteiger partial charge is 0.306 e. The first-order chi connectivity index (χ1) is 15.9. The van der Waals surface area contributed by atoms with E-state index in [1.165, 1.54) is 84.2 Å². The Labute approximate surface area is 205 Å². The van der Waals surface area contributed by atoms with E-state index in [-0.39, 0.29) is 5.97 Å². The second kappa shape index (κ2) is 11.9. The number of rotatable bonds is 8. The Kier molecular flexibility index (Phi) is 9.75. The molecule has 0 bridgehead atoms. The van der Waals surface area contributed by atoms with Crippen molar-refractivity contribution in [1.29, 1.82) is 0 Å². The summed E-state index contributed by atoms with van der Waals surface area (Å²) in [6.45, 7) is 13.7. The molecule has 192 valence electrons. The Morgan fingerprint density at radius 1 is 0.939 bits per heavy atom. The van der Waals surface area contributed by atoms with E-state index < -0.39 is 0 Å². The number of carbonyl (C=O) groups excluding carboxylic acids is 1. The zero-order valence-electron chi connectivity index (χ0n) is 22.9. The summed E-state index contributed by atoms with van der Waals surface area (Å²) in [5.74, 6) is 5.72. The molecule has 0 radical (unpaired) electrons. The Morgan fingerprint density at radius 3 is 2.45 bits per heavy atom. The quantitative estimate of drug-likeness (QED) is 0.298. The predicted molar refractivity (Wildman–Crippen MR) is 139 cm³/mol. The standard InChI is InChI=1S/C28H49NO2.C2H6/c1-20(8-7-18-29-19-15-26(30)31-4)23-12-13-24-22-11-10-21-9-5-6-16-27(21,2)25(22)14-17-28(23,24)3;1-2/h20-25,29H,5-19H2,1-4H3;1-2H3/t20-,21?,22?,23?,24?,25?,27?,28?;/m1./s1. The Balaban J connectivity index is 0.00000149. The van der Waals surface area contributed by atoms with Crippen LogP contribution in [-0.2, 0) is 9.53 Å². The van der Waals surface area contributed by atoms with Crippen molar-refractivity contribution in [2.45, 2.75) is 118 Å². The summed E-state index contributed by atoms with van der Waals surface area (Å²) < 4.78 is 4.72. The minimum Gasteiger partial charge on any atom is -0.469 e. The van der Waals surface area contributed by atoms with Gasteiger partial charge in [0.1, 0.15) is 0 Å². The topological polar surface area (TPSA) is 38.3 Å². The minimum atomic E-state index is -0.113. The highest BCUT2D eigenvalue weighted by molar-refractivity contribution is 5.69. The van der Waals surface area contributed by atoms with Gasteiger partial charge in [0.05, 0.1) is 13.5 Å². The van der Waals surface area contributed by atoms with Crippen molar-refractivity contribution < 1.29 is 9.53 Å². The normalized spacial score (nSPS) is 40.5. The zero-order valence-corrected chi connectivity index (χ0v) is 22.9. The van der Waals surface area contributed by atoms with Crippen LogP contribution in [-0.4, -0.2) is 26.2 Å². The number of hydrogen-bond donors (Lipinski definition) is 1. The Morgan fingerprint density at radius 2 is 1.70 bits per heavy atom. The molecule has 3 heteroatoms. The third-order valence-corrected chi connectivity index (χ3v) is 11.1. The summed E-state index contributed by atoms with van der Waals surface area (Å²) in [6.07, 6.45) is 18.1. The second-order valence-corrected chi connectivity index (χ2v) is 12.3. The highest BCUT2D eigenvalue weighted by Gasteiger charge is 2.59. The maximum atomic E-state index is 11.2. The maximum Gasteiger partial charge on any atom is 0.306 e. The molecule has 4 aliphatic carbocycles. The van der Waals surface area contributed by atoms with Gasteiger partial charge < -0.3 is 10.1 Å². The summed E-state index contributed by atoms with van der Waals surface area (Å²) >= 11 is 0. The molecule has 8 atom stereocenters. The minimum absolute atomic E-state index is 0.113. The van der Waals surface area contributed by atoms with Gasteiger partial charge in [0.15, 0.2) is 0 Å². The molecule has 4 saturated carbocycles. The molecule has 4 aliphatic rings. The molecular formula is C30H55NO2. The molecule has 0 aromatic heterocycles. The molecule has 0 amide bonds. The monoisotopic (exact) mass is 461 g/mol. The van der Waals surface area contributed by atoms with E-state index in [0.717, 1.165) is 48.6 Å². The van der Waals surface area contributed by atoms with Gasteiger partial charge >= 0.3 is 5.97 Å². The number of ether oxygens (including phenoxy) is 1. The average Bonchev–Trinajstić information content (AvgIpc) is 3.19. The van der Waals surface area contributed by atoms with Crippen LogP contribution in [0.3, 0.4) is 0 Å². The van der Waals surface area contributed by atoms with Crippen LogP contribution in [0.25, 0.3) is 0 Å². The molecule has 7 unspecified atom stereocenters. The predicted octanol–water partition coefficient (Wildman–Crippen LogP) is 7.63. The van der Waals surface area contributed by atoms with Crippen LogP contribution in [0.1, 0.15) is 118 Å². The molecule has 4 rings (SSSR count). The van der Waals surface area contributed by atoms with E-state index in [1.807, 2.05) is 13.8 Å². The maximum absolute atomic E-state index is 11.2. The van der Waals surface area contributed by atoms with Gasteiger partial charge in [-0.05, 0) is 117 Å². The number of nitrogens with one attached hydrogen (secondary N) is 1. The van der Waals surface area contributed by atoms with E-state index in [9.17, 15) is 4.79 Å². The molecule has 1 N–H and O–H groups in total. The molecule has 0 aliphatic heterocycles. The fraction of sp³-hybridized carbons (Fsp3) is 0.967. The summed E-state index contributed by atoms with van der Waals surface area (Å²) in [6, 6.07) is 0. The Hall–Kier alpha value is -0.570. The number of hydrogen-bond acceptors (Lipinski definition) is 3. The molecule has 33 heavy (non-hydrogen) atoms. The van der Waals surface area contributed by atoms with Gasteiger partial charge in [-0.25, -0.2) is 0 Å². The summed E-state index contributed by atoms with van der Waals surface area (Å²) in [7, 11) is 1.47. The van der Waals surface area contributed by atoms with Crippen LogP contribution in [0.2, 0.25) is 0 Å². The van der Waals surface area contributed by atoms with Crippen LogP contribution in [0.5, 0.6) is 0 Å². The summed E-state index contributed by atoms with van der Waals surface area (Å²) in [4.78, 5) is 11.2. The first-order valence-electron chi connectivity index (χ1n) is 14.7. The number of esters is 1. The highest BCUT2D eigenvalue weighted by Crippen LogP contribution is 2.68. The molecular weight excluding hydrogens is 406 g/mol. The van der Waals surface area contributed by atoms with Crippen molar-refractivity contribution in [3.8, 4) is 0 Å². The van der Waals surface area contributed by atoms with Gasteiger partial charge in [-0.1, -0.05) is 47.5 Å². The van der Waals surface area contributed by atoms with Gasteiger partial charge in [0.2, 0.25) is 0 Å². The van der Waals surface area contributed by atoms with Gasteiger partial charge in [0.25, 0.3) is 0 Å². The molecule has 0 heterocycles. The highest BCUT2D eigenvalue weighted by atomic mass is 16.5. The first kappa shape index (κ1) is 27.0. The van der Waals surface area contributed by atoms with E-state index in [2.05, 4.69) is 26.1 Å². The van der Waals surface area contributed by atoms with E-state index >= 15 is 0 Å². The largest absolute Gasteiger partial charge is 0.469 e. The molecule has 0 aromatic carbocycles. The van der Waals surface area contributed by atoms with Crippen LogP contribution in [0, 0.1) is 46.3 Å². The molecule has 3 nitrogen and oxygen atoms in total. The van der Waals surface area contributed by atoms with E-state index in [0.29, 0.717) is 17.3 Å². The number of fused-ring (bicyclic) bond motifs is 5. The van der Waals surface area contributed by atoms with Crippen molar-refractivity contribution in [1.82, 2.24) is 5.32 Å². The van der Waals surface area contributed by atoms with Crippen molar-refractivity contribution in [3.63, 3.8) is 0 Å². The lowest BCUT2D eigenvalue weighted by Crippen LogP contribution is -2.53. The van der Waals surface area contributed by atoms with Crippen molar-refractivity contribution >= 4 is 5.97 Å². The lowest BCUT2D eigenvalue weighted by molar-refractivity contribution is -0.140. The second-order valence-electron chi connectivity index (χ2n) is 12.3. The third-order valence-electron chi connectivity index (χ3n) is 11.1. The van der Waals surface area contributed by atoms with Gasteiger partial charge in [0, 0.05) is 6.54 Å². The van der Waals surface area contributed by atoms with Gasteiger partial charge in [-0.2, -0.15) is 0 Å². The van der Waals surface area contributed by atoms with Crippen molar-refractivity contribution in [2.24, 2.45) is 46.3 Å². The van der Waals surface area contributed by atoms with Gasteiger partial charge in [-0.3, -0.25) is 4.79 Å². The number of carbonyl (C=O) groups is 1. The molecule has 0 spiro atoms. The molecule has 4 fully saturated rings. The van der Waals surface area contributed by atoms with E-state index in [4.69, 9.17) is 4.74 Å². The fourth-order valence-electron chi connectivity index (χ4n) is 9.44.